The standard InChI is InChI=1S/C9H6F4/c1-3-5-6(10)4(2)7(11)9(13)8(5)12/h3H,1H2,2H3. The Kier molecular flexibility index (Phi) is 2.40. The average molecular weight is 190 g/mol. The maximum Gasteiger partial charge on any atom is 0.195 e. The van der Waals surface area contributed by atoms with Crippen molar-refractivity contribution in [1.29, 1.82) is 0 Å². The van der Waals surface area contributed by atoms with Gasteiger partial charge in [-0.2, -0.15) is 0 Å². The highest BCUT2D eigenvalue weighted by atomic mass is 19.2. The van der Waals surface area contributed by atoms with E-state index in [0.717, 1.165) is 13.0 Å². The van der Waals surface area contributed by atoms with Crippen LogP contribution >= 0.6 is 0 Å². The molecule has 0 aliphatic rings. The topological polar surface area (TPSA) is 0 Å². The fourth-order valence-corrected chi connectivity index (χ4v) is 0.953. The lowest BCUT2D eigenvalue weighted by molar-refractivity contribution is 0.427. The summed E-state index contributed by atoms with van der Waals surface area (Å²) >= 11 is 0. The van der Waals surface area contributed by atoms with Gasteiger partial charge in [-0.05, 0) is 6.92 Å². The maximum atomic E-state index is 13.0. The summed E-state index contributed by atoms with van der Waals surface area (Å²) in [5.41, 5.74) is -1.19. The molecule has 1 aromatic rings. The van der Waals surface area contributed by atoms with Gasteiger partial charge >= 0.3 is 0 Å². The van der Waals surface area contributed by atoms with Crippen LogP contribution in [0.1, 0.15) is 11.1 Å². The minimum Gasteiger partial charge on any atom is -0.206 e. The van der Waals surface area contributed by atoms with Crippen molar-refractivity contribution in [2.24, 2.45) is 0 Å². The number of benzene rings is 1. The second-order valence-electron chi connectivity index (χ2n) is 2.50. The molecule has 0 nitrogen and oxygen atoms in total. The van der Waals surface area contributed by atoms with E-state index >= 15 is 0 Å². The van der Waals surface area contributed by atoms with Gasteiger partial charge in [0, 0.05) is 11.1 Å². The zero-order valence-electron chi connectivity index (χ0n) is 6.80. The lowest BCUT2D eigenvalue weighted by atomic mass is 10.1. The van der Waals surface area contributed by atoms with Gasteiger partial charge in [0.1, 0.15) is 5.82 Å². The Bertz CT molecular complexity index is 339. The molecule has 0 saturated carbocycles. The van der Waals surface area contributed by atoms with Crippen LogP contribution in [0.4, 0.5) is 17.6 Å². The van der Waals surface area contributed by atoms with Crippen molar-refractivity contribution >= 4 is 6.08 Å². The number of hydrogen-bond acceptors (Lipinski definition) is 0. The van der Waals surface area contributed by atoms with E-state index in [4.69, 9.17) is 0 Å². The molecule has 0 spiro atoms. The first-order valence-electron chi connectivity index (χ1n) is 3.45. The van der Waals surface area contributed by atoms with Crippen molar-refractivity contribution in [3.05, 3.63) is 41.0 Å². The monoisotopic (exact) mass is 190 g/mol. The normalized spacial score (nSPS) is 10.2. The van der Waals surface area contributed by atoms with Crippen molar-refractivity contribution in [3.63, 3.8) is 0 Å². The van der Waals surface area contributed by atoms with Gasteiger partial charge in [-0.3, -0.25) is 0 Å². The predicted octanol–water partition coefficient (Wildman–Crippen LogP) is 3.19. The summed E-state index contributed by atoms with van der Waals surface area (Å²) in [7, 11) is 0. The van der Waals surface area contributed by atoms with E-state index in [1.807, 2.05) is 0 Å². The fraction of sp³-hybridized carbons (Fsp3) is 0.111. The molecule has 0 aliphatic heterocycles. The molecule has 0 bridgehead atoms. The van der Waals surface area contributed by atoms with Crippen molar-refractivity contribution in [3.8, 4) is 0 Å². The molecule has 0 N–H and O–H groups in total. The largest absolute Gasteiger partial charge is 0.206 e. The van der Waals surface area contributed by atoms with Crippen molar-refractivity contribution < 1.29 is 17.6 Å². The SMILES string of the molecule is C=Cc1c(F)c(C)c(F)c(F)c1F. The van der Waals surface area contributed by atoms with E-state index in [-0.39, 0.29) is 0 Å². The van der Waals surface area contributed by atoms with E-state index in [0.29, 0.717) is 0 Å². The summed E-state index contributed by atoms with van der Waals surface area (Å²) in [5, 5.41) is 0. The Morgan fingerprint density at radius 2 is 1.46 bits per heavy atom. The van der Waals surface area contributed by atoms with Crippen molar-refractivity contribution in [2.45, 2.75) is 6.92 Å². The summed E-state index contributed by atoms with van der Waals surface area (Å²) in [6.45, 7) is 4.12. The molecule has 70 valence electrons. The zero-order valence-corrected chi connectivity index (χ0v) is 6.80. The molecule has 0 saturated heterocycles. The summed E-state index contributed by atoms with van der Waals surface area (Å²) in [4.78, 5) is 0. The van der Waals surface area contributed by atoms with Crippen LogP contribution in [-0.4, -0.2) is 0 Å². The minimum absolute atomic E-state index is 0.547. The fourth-order valence-electron chi connectivity index (χ4n) is 0.953. The first kappa shape index (κ1) is 9.77. The first-order valence-corrected chi connectivity index (χ1v) is 3.45. The molecule has 0 amide bonds. The van der Waals surface area contributed by atoms with E-state index in [2.05, 4.69) is 6.58 Å². The molecule has 0 aromatic heterocycles. The number of hydrogen-bond donors (Lipinski definition) is 0. The highest BCUT2D eigenvalue weighted by Crippen LogP contribution is 2.23. The third kappa shape index (κ3) is 1.32. The highest BCUT2D eigenvalue weighted by molar-refractivity contribution is 5.50. The Labute approximate surface area is 72.5 Å². The van der Waals surface area contributed by atoms with Crippen molar-refractivity contribution in [2.75, 3.05) is 0 Å². The summed E-state index contributed by atoms with van der Waals surface area (Å²) in [5.74, 6) is -5.84. The van der Waals surface area contributed by atoms with Crippen LogP contribution < -0.4 is 0 Å². The molecule has 4 heteroatoms. The van der Waals surface area contributed by atoms with Crippen LogP contribution in [0, 0.1) is 30.2 Å². The van der Waals surface area contributed by atoms with E-state index in [1.54, 1.807) is 0 Å². The Morgan fingerprint density at radius 3 is 1.92 bits per heavy atom. The van der Waals surface area contributed by atoms with Gasteiger partial charge in [0.2, 0.25) is 0 Å². The lowest BCUT2D eigenvalue weighted by Crippen LogP contribution is -2.02. The van der Waals surface area contributed by atoms with E-state index in [1.165, 1.54) is 0 Å². The quantitative estimate of drug-likeness (QED) is 0.362. The third-order valence-corrected chi connectivity index (χ3v) is 1.72. The summed E-state index contributed by atoms with van der Waals surface area (Å²) < 4.78 is 51.1. The van der Waals surface area contributed by atoms with Gasteiger partial charge < -0.3 is 0 Å². The molecule has 0 fully saturated rings. The molecule has 1 rings (SSSR count). The van der Waals surface area contributed by atoms with Crippen LogP contribution in [0.5, 0.6) is 0 Å². The summed E-state index contributed by atoms with van der Waals surface area (Å²) in [6, 6.07) is 0. The van der Waals surface area contributed by atoms with Gasteiger partial charge in [-0.15, -0.1) is 0 Å². The Morgan fingerprint density at radius 1 is 0.923 bits per heavy atom. The molecule has 0 atom stereocenters. The van der Waals surface area contributed by atoms with Crippen LogP contribution in [-0.2, 0) is 0 Å². The van der Waals surface area contributed by atoms with Gasteiger partial charge in [-0.25, -0.2) is 17.6 Å². The molecule has 0 radical (unpaired) electrons. The maximum absolute atomic E-state index is 13.0. The van der Waals surface area contributed by atoms with E-state index in [9.17, 15) is 17.6 Å². The first-order chi connectivity index (χ1) is 6.00. The van der Waals surface area contributed by atoms with Gasteiger partial charge in [-0.1, -0.05) is 12.7 Å². The van der Waals surface area contributed by atoms with E-state index < -0.39 is 34.4 Å². The van der Waals surface area contributed by atoms with Gasteiger partial charge in [0.05, 0.1) is 0 Å². The third-order valence-electron chi connectivity index (χ3n) is 1.72. The highest BCUT2D eigenvalue weighted by Gasteiger charge is 2.20. The zero-order chi connectivity index (χ0) is 10.2. The lowest BCUT2D eigenvalue weighted by Gasteiger charge is -2.05. The van der Waals surface area contributed by atoms with Crippen LogP contribution in [0.25, 0.3) is 6.08 Å². The molecular formula is C9H6F4. The number of halogens is 4. The van der Waals surface area contributed by atoms with Crippen molar-refractivity contribution in [1.82, 2.24) is 0 Å². The summed E-state index contributed by atoms with van der Waals surface area (Å²) in [6.07, 6.45) is 0.806. The molecule has 0 aliphatic carbocycles. The minimum atomic E-state index is -1.67. The van der Waals surface area contributed by atoms with Crippen LogP contribution in [0.15, 0.2) is 6.58 Å². The number of rotatable bonds is 1. The van der Waals surface area contributed by atoms with Crippen LogP contribution in [0.3, 0.4) is 0 Å². The molecule has 1 aromatic carbocycles. The second kappa shape index (κ2) is 3.20. The van der Waals surface area contributed by atoms with Gasteiger partial charge in [0.25, 0.3) is 0 Å². The predicted molar refractivity (Wildman–Crippen MR) is 41.1 cm³/mol. The molecular weight excluding hydrogens is 184 g/mol. The average Bonchev–Trinajstić information content (AvgIpc) is 2.13. The molecule has 13 heavy (non-hydrogen) atoms. The van der Waals surface area contributed by atoms with Gasteiger partial charge in [0.15, 0.2) is 17.5 Å². The Hall–Kier alpha value is -1.32. The van der Waals surface area contributed by atoms with Crippen LogP contribution in [0.2, 0.25) is 0 Å². The molecule has 0 heterocycles. The smallest absolute Gasteiger partial charge is 0.195 e. The Balaban J connectivity index is 3.66. The molecule has 0 unspecified atom stereocenters. The second-order valence-corrected chi connectivity index (χ2v) is 2.50.